The van der Waals surface area contributed by atoms with Crippen LogP contribution in [0.2, 0.25) is 0 Å². The lowest BCUT2D eigenvalue weighted by molar-refractivity contribution is 0.247. The second-order valence-electron chi connectivity index (χ2n) is 6.48. The summed E-state index contributed by atoms with van der Waals surface area (Å²) in [6.07, 6.45) is 0. The normalized spacial score (nSPS) is 11.0. The third-order valence-electron chi connectivity index (χ3n) is 4.56. The van der Waals surface area contributed by atoms with E-state index in [-0.39, 0.29) is 0 Å². The zero-order chi connectivity index (χ0) is 16.8. The second kappa shape index (κ2) is 7.94. The van der Waals surface area contributed by atoms with Gasteiger partial charge in [-0.25, -0.2) is 0 Å². The number of hydrogen-bond donors (Lipinski definition) is 0. The molecule has 122 valence electrons. The molecule has 0 spiro atoms. The van der Waals surface area contributed by atoms with Crippen molar-refractivity contribution in [3.8, 4) is 0 Å². The van der Waals surface area contributed by atoms with E-state index in [1.54, 1.807) is 0 Å². The van der Waals surface area contributed by atoms with Crippen LogP contribution in [0.4, 0.5) is 0 Å². The number of benzene rings is 3. The fourth-order valence-corrected chi connectivity index (χ4v) is 3.07. The molecule has 3 rings (SSSR count). The molecule has 0 amide bonds. The van der Waals surface area contributed by atoms with E-state index < -0.39 is 0 Å². The van der Waals surface area contributed by atoms with Gasteiger partial charge in [-0.2, -0.15) is 0 Å². The van der Waals surface area contributed by atoms with Gasteiger partial charge in [-0.05, 0) is 41.7 Å². The van der Waals surface area contributed by atoms with Crippen LogP contribution >= 0.6 is 0 Å². The maximum absolute atomic E-state index is 2.53. The standard InChI is InChI=1S/C23H25N/c1-19-10-6-8-14-22(19)17-24(16-21-12-4-3-5-13-21)18-23-15-9-7-11-20(23)2/h3-15H,16-18H2,1-2H3. The molecule has 24 heavy (non-hydrogen) atoms. The first-order valence-electron chi connectivity index (χ1n) is 8.57. The number of hydrogen-bond acceptors (Lipinski definition) is 1. The monoisotopic (exact) mass is 315 g/mol. The van der Waals surface area contributed by atoms with Gasteiger partial charge in [0.25, 0.3) is 0 Å². The van der Waals surface area contributed by atoms with E-state index >= 15 is 0 Å². The molecule has 0 heterocycles. The molecule has 0 aromatic heterocycles. The SMILES string of the molecule is Cc1ccccc1CN(Cc1ccccc1)Cc1ccccc1C. The summed E-state index contributed by atoms with van der Waals surface area (Å²) in [7, 11) is 0. The molecule has 0 aliphatic heterocycles. The molecule has 3 aromatic carbocycles. The predicted molar refractivity (Wildman–Crippen MR) is 102 cm³/mol. The summed E-state index contributed by atoms with van der Waals surface area (Å²) >= 11 is 0. The van der Waals surface area contributed by atoms with Crippen LogP contribution in [0, 0.1) is 13.8 Å². The van der Waals surface area contributed by atoms with Crippen LogP contribution in [0.1, 0.15) is 27.8 Å². The second-order valence-corrected chi connectivity index (χ2v) is 6.48. The van der Waals surface area contributed by atoms with Crippen LogP contribution < -0.4 is 0 Å². The predicted octanol–water partition coefficient (Wildman–Crippen LogP) is 5.51. The lowest BCUT2D eigenvalue weighted by Gasteiger charge is -2.24. The molecule has 0 unspecified atom stereocenters. The van der Waals surface area contributed by atoms with Gasteiger partial charge in [0.15, 0.2) is 0 Å². The van der Waals surface area contributed by atoms with Crippen LogP contribution in [0.5, 0.6) is 0 Å². The Hall–Kier alpha value is -2.38. The van der Waals surface area contributed by atoms with Crippen molar-refractivity contribution in [1.82, 2.24) is 4.90 Å². The molecular weight excluding hydrogens is 290 g/mol. The highest BCUT2D eigenvalue weighted by Gasteiger charge is 2.10. The van der Waals surface area contributed by atoms with Gasteiger partial charge >= 0.3 is 0 Å². The molecule has 0 N–H and O–H groups in total. The van der Waals surface area contributed by atoms with Crippen molar-refractivity contribution in [2.45, 2.75) is 33.5 Å². The van der Waals surface area contributed by atoms with Crippen LogP contribution in [0.3, 0.4) is 0 Å². The summed E-state index contributed by atoms with van der Waals surface area (Å²) in [5.41, 5.74) is 6.89. The first-order valence-corrected chi connectivity index (χ1v) is 8.57. The Morgan fingerprint density at radius 2 is 1.00 bits per heavy atom. The lowest BCUT2D eigenvalue weighted by atomic mass is 10.1. The zero-order valence-electron chi connectivity index (χ0n) is 14.6. The molecule has 0 aliphatic rings. The molecule has 0 radical (unpaired) electrons. The van der Waals surface area contributed by atoms with E-state index in [9.17, 15) is 0 Å². The van der Waals surface area contributed by atoms with Gasteiger partial charge in [0.2, 0.25) is 0 Å². The molecule has 0 atom stereocenters. The summed E-state index contributed by atoms with van der Waals surface area (Å²) in [5.74, 6) is 0. The summed E-state index contributed by atoms with van der Waals surface area (Å²) in [6.45, 7) is 7.29. The van der Waals surface area contributed by atoms with Crippen LogP contribution in [-0.2, 0) is 19.6 Å². The quantitative estimate of drug-likeness (QED) is 0.580. The molecule has 3 aromatic rings. The summed E-state index contributed by atoms with van der Waals surface area (Å²) in [4.78, 5) is 2.53. The van der Waals surface area contributed by atoms with Gasteiger partial charge in [0.05, 0.1) is 0 Å². The Morgan fingerprint density at radius 1 is 0.542 bits per heavy atom. The van der Waals surface area contributed by atoms with Gasteiger partial charge in [-0.3, -0.25) is 4.90 Å². The van der Waals surface area contributed by atoms with Crippen molar-refractivity contribution < 1.29 is 0 Å². The highest BCUT2D eigenvalue weighted by Crippen LogP contribution is 2.18. The van der Waals surface area contributed by atoms with Gasteiger partial charge in [-0.1, -0.05) is 78.9 Å². The van der Waals surface area contributed by atoms with Crippen LogP contribution in [0.25, 0.3) is 0 Å². The minimum absolute atomic E-state index is 0.962. The topological polar surface area (TPSA) is 3.24 Å². The molecule has 1 nitrogen and oxygen atoms in total. The Morgan fingerprint density at radius 3 is 1.50 bits per heavy atom. The van der Waals surface area contributed by atoms with E-state index in [1.165, 1.54) is 27.8 Å². The lowest BCUT2D eigenvalue weighted by Crippen LogP contribution is -2.23. The van der Waals surface area contributed by atoms with E-state index in [0.29, 0.717) is 0 Å². The van der Waals surface area contributed by atoms with Gasteiger partial charge < -0.3 is 0 Å². The zero-order valence-corrected chi connectivity index (χ0v) is 14.6. The van der Waals surface area contributed by atoms with Gasteiger partial charge in [0.1, 0.15) is 0 Å². The van der Waals surface area contributed by atoms with E-state index in [1.807, 2.05) is 0 Å². The average molecular weight is 315 g/mol. The highest BCUT2D eigenvalue weighted by atomic mass is 15.1. The number of aryl methyl sites for hydroxylation is 2. The van der Waals surface area contributed by atoms with E-state index in [0.717, 1.165) is 19.6 Å². The summed E-state index contributed by atoms with van der Waals surface area (Å²) in [5, 5.41) is 0. The highest BCUT2D eigenvalue weighted by molar-refractivity contribution is 5.28. The van der Waals surface area contributed by atoms with Crippen molar-refractivity contribution in [3.63, 3.8) is 0 Å². The van der Waals surface area contributed by atoms with Crippen molar-refractivity contribution in [3.05, 3.63) is 107 Å². The van der Waals surface area contributed by atoms with Gasteiger partial charge in [-0.15, -0.1) is 0 Å². The van der Waals surface area contributed by atoms with Crippen molar-refractivity contribution in [2.24, 2.45) is 0 Å². The number of nitrogens with zero attached hydrogens (tertiary/aromatic N) is 1. The molecule has 0 aliphatic carbocycles. The molecule has 0 saturated heterocycles. The van der Waals surface area contributed by atoms with Crippen molar-refractivity contribution in [2.75, 3.05) is 0 Å². The van der Waals surface area contributed by atoms with Gasteiger partial charge in [0, 0.05) is 19.6 Å². The van der Waals surface area contributed by atoms with Crippen LogP contribution in [0.15, 0.2) is 78.9 Å². The Balaban J connectivity index is 1.83. The third kappa shape index (κ3) is 4.33. The molecule has 0 saturated carbocycles. The Bertz CT molecular complexity index is 729. The maximum atomic E-state index is 2.53. The Labute approximate surface area is 145 Å². The summed E-state index contributed by atoms with van der Waals surface area (Å²) < 4.78 is 0. The minimum Gasteiger partial charge on any atom is -0.291 e. The summed E-state index contributed by atoms with van der Waals surface area (Å²) in [6, 6.07) is 28.1. The largest absolute Gasteiger partial charge is 0.291 e. The number of rotatable bonds is 6. The smallest absolute Gasteiger partial charge is 0.0243 e. The first kappa shape index (κ1) is 16.5. The minimum atomic E-state index is 0.962. The fourth-order valence-electron chi connectivity index (χ4n) is 3.07. The molecule has 0 bridgehead atoms. The Kier molecular flexibility index (Phi) is 5.45. The third-order valence-corrected chi connectivity index (χ3v) is 4.56. The fraction of sp³-hybridized carbons (Fsp3) is 0.217. The van der Waals surface area contributed by atoms with Crippen LogP contribution in [-0.4, -0.2) is 4.90 Å². The van der Waals surface area contributed by atoms with Crippen molar-refractivity contribution >= 4 is 0 Å². The molecule has 1 heteroatoms. The molecule has 0 fully saturated rings. The molecular formula is C23H25N. The average Bonchev–Trinajstić information content (AvgIpc) is 2.60. The van der Waals surface area contributed by atoms with E-state index in [4.69, 9.17) is 0 Å². The first-order chi connectivity index (χ1) is 11.7. The van der Waals surface area contributed by atoms with E-state index in [2.05, 4.69) is 97.6 Å². The maximum Gasteiger partial charge on any atom is 0.0243 e. The van der Waals surface area contributed by atoms with Crippen molar-refractivity contribution in [1.29, 1.82) is 0 Å².